The van der Waals surface area contributed by atoms with E-state index in [0.717, 1.165) is 53.2 Å². The third-order valence-corrected chi connectivity index (χ3v) is 6.18. The Kier molecular flexibility index (Phi) is 6.07. The molecule has 1 aliphatic rings. The van der Waals surface area contributed by atoms with Crippen molar-refractivity contribution in [2.75, 3.05) is 18.4 Å². The highest BCUT2D eigenvalue weighted by molar-refractivity contribution is 6.01. The van der Waals surface area contributed by atoms with Crippen molar-refractivity contribution in [3.63, 3.8) is 0 Å². The van der Waals surface area contributed by atoms with Crippen LogP contribution in [-0.2, 0) is 7.05 Å². The van der Waals surface area contributed by atoms with E-state index in [9.17, 15) is 4.79 Å². The zero-order chi connectivity index (χ0) is 22.0. The molecular weight excluding hydrogens is 386 g/mol. The second-order valence-electron chi connectivity index (χ2n) is 8.68. The van der Waals surface area contributed by atoms with Gasteiger partial charge in [0, 0.05) is 43.2 Å². The van der Waals surface area contributed by atoms with Gasteiger partial charge >= 0.3 is 0 Å². The Morgan fingerprint density at radius 2 is 2.06 bits per heavy atom. The van der Waals surface area contributed by atoms with Crippen LogP contribution in [0.5, 0.6) is 0 Å². The number of anilines is 1. The third kappa shape index (κ3) is 4.63. The zero-order valence-electron chi connectivity index (χ0n) is 18.8. The molecule has 0 unspecified atom stereocenters. The number of nitrogens with zero attached hydrogens (tertiary/aromatic N) is 4. The quantitative estimate of drug-likeness (QED) is 0.666. The van der Waals surface area contributed by atoms with Gasteiger partial charge < -0.3 is 10.2 Å². The van der Waals surface area contributed by atoms with Crippen molar-refractivity contribution in [2.24, 2.45) is 13.0 Å². The van der Waals surface area contributed by atoms with Crippen LogP contribution < -0.4 is 5.32 Å². The average molecular weight is 418 g/mol. The van der Waals surface area contributed by atoms with Crippen LogP contribution in [0.15, 0.2) is 48.8 Å². The van der Waals surface area contributed by atoms with Crippen LogP contribution in [0, 0.1) is 19.8 Å². The zero-order valence-corrected chi connectivity index (χ0v) is 18.8. The van der Waals surface area contributed by atoms with Crippen molar-refractivity contribution < 1.29 is 4.79 Å². The lowest BCUT2D eigenvalue weighted by Crippen LogP contribution is -2.51. The Morgan fingerprint density at radius 3 is 2.81 bits per heavy atom. The molecule has 0 bridgehead atoms. The highest BCUT2D eigenvalue weighted by atomic mass is 16.2. The van der Waals surface area contributed by atoms with E-state index in [0.29, 0.717) is 12.5 Å². The number of amides is 1. The first kappa shape index (κ1) is 21.1. The fourth-order valence-corrected chi connectivity index (χ4v) is 4.46. The van der Waals surface area contributed by atoms with Gasteiger partial charge in [0.05, 0.1) is 12.2 Å². The summed E-state index contributed by atoms with van der Waals surface area (Å²) < 4.78 is 1.77. The summed E-state index contributed by atoms with van der Waals surface area (Å²) in [6.45, 7) is 7.73. The fourth-order valence-electron chi connectivity index (χ4n) is 4.46. The van der Waals surface area contributed by atoms with Crippen molar-refractivity contribution in [2.45, 2.75) is 39.7 Å². The monoisotopic (exact) mass is 417 g/mol. The number of benzene rings is 1. The minimum atomic E-state index is 0.0955. The van der Waals surface area contributed by atoms with Crippen molar-refractivity contribution in [1.82, 2.24) is 19.7 Å². The Labute approximate surface area is 184 Å². The predicted molar refractivity (Wildman–Crippen MR) is 124 cm³/mol. The lowest BCUT2D eigenvalue weighted by atomic mass is 9.89. The standard InChI is InChI=1S/C25H31N5O/c1-17-10-11-21(20-14-27-29(4)16-20)22(13-17)25(31)30-12-6-7-18(2)23(30)15-26-24-9-5-8-19(3)28-24/h5,8-11,13-14,16,18,23H,6-7,12,15H2,1-4H3,(H,26,28)/t18-,23-/m1/s1. The Balaban J connectivity index is 1.62. The molecule has 0 aliphatic carbocycles. The normalized spacial score (nSPS) is 18.8. The van der Waals surface area contributed by atoms with Crippen LogP contribution in [0.4, 0.5) is 5.82 Å². The van der Waals surface area contributed by atoms with Gasteiger partial charge in [0.1, 0.15) is 5.82 Å². The maximum atomic E-state index is 13.8. The number of likely N-dealkylation sites (tertiary alicyclic amines) is 1. The highest BCUT2D eigenvalue weighted by Crippen LogP contribution is 2.30. The van der Waals surface area contributed by atoms with Crippen molar-refractivity contribution >= 4 is 11.7 Å². The molecule has 3 aromatic rings. The Bertz CT molecular complexity index is 1070. The van der Waals surface area contributed by atoms with Gasteiger partial charge in [0.15, 0.2) is 0 Å². The summed E-state index contributed by atoms with van der Waals surface area (Å²) in [5, 5.41) is 7.76. The number of carbonyl (C=O) groups is 1. The van der Waals surface area contributed by atoms with E-state index in [1.165, 1.54) is 0 Å². The van der Waals surface area contributed by atoms with E-state index in [2.05, 4.69) is 33.3 Å². The van der Waals surface area contributed by atoms with Crippen LogP contribution in [0.1, 0.15) is 41.4 Å². The molecule has 0 spiro atoms. The number of hydrogen-bond donors (Lipinski definition) is 1. The summed E-state index contributed by atoms with van der Waals surface area (Å²) in [7, 11) is 1.90. The second kappa shape index (κ2) is 8.92. The van der Waals surface area contributed by atoms with Crippen molar-refractivity contribution in [3.05, 3.63) is 65.6 Å². The summed E-state index contributed by atoms with van der Waals surface area (Å²) >= 11 is 0. The number of aromatic nitrogens is 3. The lowest BCUT2D eigenvalue weighted by Gasteiger charge is -2.40. The molecule has 0 radical (unpaired) electrons. The van der Waals surface area contributed by atoms with Crippen molar-refractivity contribution in [1.29, 1.82) is 0 Å². The topological polar surface area (TPSA) is 63.1 Å². The van der Waals surface area contributed by atoms with Crippen LogP contribution >= 0.6 is 0 Å². The number of pyridine rings is 1. The highest BCUT2D eigenvalue weighted by Gasteiger charge is 2.33. The molecule has 1 N–H and O–H groups in total. The first-order chi connectivity index (χ1) is 14.9. The molecule has 4 rings (SSSR count). The molecule has 1 fully saturated rings. The molecule has 162 valence electrons. The molecule has 1 aliphatic heterocycles. The molecule has 3 heterocycles. The predicted octanol–water partition coefficient (Wildman–Crippen LogP) is 4.45. The molecule has 6 heteroatoms. The molecular formula is C25H31N5O. The summed E-state index contributed by atoms with van der Waals surface area (Å²) in [5.74, 6) is 1.37. The summed E-state index contributed by atoms with van der Waals surface area (Å²) in [4.78, 5) is 20.4. The molecule has 1 saturated heterocycles. The van der Waals surface area contributed by atoms with Gasteiger partial charge in [-0.05, 0) is 56.4 Å². The first-order valence-corrected chi connectivity index (χ1v) is 11.0. The number of piperidine rings is 1. The molecule has 2 aromatic heterocycles. The third-order valence-electron chi connectivity index (χ3n) is 6.18. The molecule has 31 heavy (non-hydrogen) atoms. The largest absolute Gasteiger partial charge is 0.368 e. The number of nitrogens with one attached hydrogen (secondary N) is 1. The van der Waals surface area contributed by atoms with E-state index in [-0.39, 0.29) is 11.9 Å². The SMILES string of the molecule is Cc1ccc(-c2cnn(C)c2)c(C(=O)N2CCC[C@@H](C)[C@H]2CNc2cccc(C)n2)c1. The smallest absolute Gasteiger partial charge is 0.254 e. The Morgan fingerprint density at radius 1 is 1.23 bits per heavy atom. The number of rotatable bonds is 5. The number of aryl methyl sites for hydroxylation is 3. The Hall–Kier alpha value is -3.15. The molecule has 1 aromatic carbocycles. The molecule has 2 atom stereocenters. The molecule has 1 amide bonds. The van der Waals surface area contributed by atoms with E-state index in [4.69, 9.17) is 0 Å². The fraction of sp³-hybridized carbons (Fsp3) is 0.400. The summed E-state index contributed by atoms with van der Waals surface area (Å²) in [5.41, 5.74) is 4.72. The van der Waals surface area contributed by atoms with Crippen molar-refractivity contribution in [3.8, 4) is 11.1 Å². The molecule has 0 saturated carbocycles. The van der Waals surface area contributed by atoms with Gasteiger partial charge in [-0.3, -0.25) is 9.48 Å². The van der Waals surface area contributed by atoms with Gasteiger partial charge in [-0.2, -0.15) is 5.10 Å². The maximum absolute atomic E-state index is 13.8. The van der Waals surface area contributed by atoms with Gasteiger partial charge in [0.25, 0.3) is 5.91 Å². The van der Waals surface area contributed by atoms with Gasteiger partial charge in [-0.1, -0.05) is 30.7 Å². The minimum Gasteiger partial charge on any atom is -0.368 e. The first-order valence-electron chi connectivity index (χ1n) is 11.0. The number of hydrogen-bond acceptors (Lipinski definition) is 4. The second-order valence-corrected chi connectivity index (χ2v) is 8.68. The van der Waals surface area contributed by atoms with Crippen LogP contribution in [0.25, 0.3) is 11.1 Å². The van der Waals surface area contributed by atoms with E-state index < -0.39 is 0 Å². The van der Waals surface area contributed by atoms with E-state index >= 15 is 0 Å². The summed E-state index contributed by atoms with van der Waals surface area (Å²) in [6, 6.07) is 12.2. The summed E-state index contributed by atoms with van der Waals surface area (Å²) in [6.07, 6.45) is 5.94. The van der Waals surface area contributed by atoms with Crippen LogP contribution in [0.2, 0.25) is 0 Å². The van der Waals surface area contributed by atoms with Gasteiger partial charge in [0.2, 0.25) is 0 Å². The number of carbonyl (C=O) groups excluding carboxylic acids is 1. The van der Waals surface area contributed by atoms with Gasteiger partial charge in [-0.15, -0.1) is 0 Å². The van der Waals surface area contributed by atoms with Crippen LogP contribution in [-0.4, -0.2) is 44.7 Å². The lowest BCUT2D eigenvalue weighted by molar-refractivity contribution is 0.0540. The minimum absolute atomic E-state index is 0.0955. The van der Waals surface area contributed by atoms with Gasteiger partial charge in [-0.25, -0.2) is 4.98 Å². The maximum Gasteiger partial charge on any atom is 0.254 e. The van der Waals surface area contributed by atoms with E-state index in [1.54, 1.807) is 4.68 Å². The average Bonchev–Trinajstić information content (AvgIpc) is 3.18. The van der Waals surface area contributed by atoms with E-state index in [1.807, 2.05) is 63.6 Å². The van der Waals surface area contributed by atoms with Crippen LogP contribution in [0.3, 0.4) is 0 Å². The molecule has 6 nitrogen and oxygen atoms in total.